The van der Waals surface area contributed by atoms with Gasteiger partial charge in [-0.25, -0.2) is 0 Å². The van der Waals surface area contributed by atoms with Gasteiger partial charge in [-0.3, -0.25) is 14.9 Å². The van der Waals surface area contributed by atoms with Crippen molar-refractivity contribution in [1.29, 1.82) is 0 Å². The first-order valence-electron chi connectivity index (χ1n) is 6.61. The number of carboxylic acids is 1. The minimum Gasteiger partial charge on any atom is -0.481 e. The number of nitrogens with one attached hydrogen (secondary N) is 1. The molecule has 1 aromatic rings. The quantitative estimate of drug-likeness (QED) is 0.563. The van der Waals surface area contributed by atoms with Crippen LogP contribution in [0.4, 0.5) is 11.4 Å². The fraction of sp³-hybridized carbons (Fsp3) is 0.500. The average Bonchev–Trinajstić information content (AvgIpc) is 2.36. The molecular formula is C14H20N2O4. The van der Waals surface area contributed by atoms with Crippen LogP contribution in [-0.2, 0) is 4.79 Å². The van der Waals surface area contributed by atoms with Gasteiger partial charge in [-0.1, -0.05) is 19.1 Å². The summed E-state index contributed by atoms with van der Waals surface area (Å²) >= 11 is 0. The minimum absolute atomic E-state index is 0.102. The number of carbonyl (C=O) groups is 1. The molecule has 0 heterocycles. The molecule has 6 nitrogen and oxygen atoms in total. The molecule has 0 aromatic heterocycles. The molecule has 0 aliphatic rings. The fourth-order valence-electron chi connectivity index (χ4n) is 2.01. The molecule has 6 heteroatoms. The van der Waals surface area contributed by atoms with Gasteiger partial charge in [0.05, 0.1) is 4.92 Å². The molecule has 0 fully saturated rings. The first-order valence-corrected chi connectivity index (χ1v) is 6.61. The lowest BCUT2D eigenvalue weighted by Gasteiger charge is -2.12. The van der Waals surface area contributed by atoms with Gasteiger partial charge in [0.25, 0.3) is 5.69 Å². The second-order valence-corrected chi connectivity index (χ2v) is 4.98. The van der Waals surface area contributed by atoms with Gasteiger partial charge in [0.1, 0.15) is 5.69 Å². The number of nitrogens with zero attached hydrogens (tertiary/aromatic N) is 1. The summed E-state index contributed by atoms with van der Waals surface area (Å²) in [4.78, 5) is 21.1. The van der Waals surface area contributed by atoms with E-state index in [2.05, 4.69) is 5.32 Å². The predicted octanol–water partition coefficient (Wildman–Crippen LogP) is 3.21. The summed E-state index contributed by atoms with van der Waals surface area (Å²) in [6.45, 7) is 4.28. The maximum absolute atomic E-state index is 11.0. The Labute approximate surface area is 118 Å². The Bertz CT molecular complexity index is 488. The number of nitro groups is 1. The molecule has 0 bridgehead atoms. The van der Waals surface area contributed by atoms with Gasteiger partial charge in [0, 0.05) is 18.5 Å². The smallest absolute Gasteiger partial charge is 0.303 e. The molecule has 1 atom stereocenters. The van der Waals surface area contributed by atoms with E-state index in [0.717, 1.165) is 6.42 Å². The first-order chi connectivity index (χ1) is 9.41. The number of para-hydroxylation sites is 1. The van der Waals surface area contributed by atoms with E-state index >= 15 is 0 Å². The monoisotopic (exact) mass is 280 g/mol. The summed E-state index contributed by atoms with van der Waals surface area (Å²) in [5.41, 5.74) is 1.24. The van der Waals surface area contributed by atoms with Crippen molar-refractivity contribution in [2.24, 2.45) is 5.92 Å². The van der Waals surface area contributed by atoms with E-state index in [1.807, 2.05) is 6.92 Å². The zero-order valence-electron chi connectivity index (χ0n) is 11.8. The highest BCUT2D eigenvalue weighted by Gasteiger charge is 2.16. The Hall–Kier alpha value is -2.11. The highest BCUT2D eigenvalue weighted by atomic mass is 16.6. The zero-order chi connectivity index (χ0) is 15.1. The summed E-state index contributed by atoms with van der Waals surface area (Å²) in [7, 11) is 0. The summed E-state index contributed by atoms with van der Waals surface area (Å²) in [6.07, 6.45) is 1.55. The molecule has 1 aromatic carbocycles. The molecule has 0 spiro atoms. The van der Waals surface area contributed by atoms with Crippen molar-refractivity contribution >= 4 is 17.3 Å². The van der Waals surface area contributed by atoms with Crippen LogP contribution in [0.5, 0.6) is 0 Å². The van der Waals surface area contributed by atoms with Gasteiger partial charge in [0.2, 0.25) is 0 Å². The zero-order valence-corrected chi connectivity index (χ0v) is 11.8. The van der Waals surface area contributed by atoms with Gasteiger partial charge < -0.3 is 10.4 Å². The van der Waals surface area contributed by atoms with Crippen LogP contribution in [0, 0.1) is 23.0 Å². The summed E-state index contributed by atoms with van der Waals surface area (Å²) in [5, 5.41) is 22.7. The van der Waals surface area contributed by atoms with Crippen LogP contribution < -0.4 is 5.32 Å². The lowest BCUT2D eigenvalue weighted by Crippen LogP contribution is -2.10. The number of hydrogen-bond donors (Lipinski definition) is 2. The SMILES string of the molecule is Cc1cccc(NCCC(C)CCC(=O)O)c1[N+](=O)[O-]. The van der Waals surface area contributed by atoms with E-state index in [0.29, 0.717) is 24.2 Å². The molecular weight excluding hydrogens is 260 g/mol. The van der Waals surface area contributed by atoms with Crippen molar-refractivity contribution in [3.05, 3.63) is 33.9 Å². The van der Waals surface area contributed by atoms with Crippen molar-refractivity contribution in [1.82, 2.24) is 0 Å². The van der Waals surface area contributed by atoms with Gasteiger partial charge in [-0.05, 0) is 31.7 Å². The van der Waals surface area contributed by atoms with Crippen molar-refractivity contribution in [3.8, 4) is 0 Å². The van der Waals surface area contributed by atoms with Crippen LogP contribution >= 0.6 is 0 Å². The molecule has 0 saturated heterocycles. The molecule has 0 aliphatic carbocycles. The number of carboxylic acid groups (broad SMARTS) is 1. The Morgan fingerprint density at radius 1 is 1.45 bits per heavy atom. The summed E-state index contributed by atoms with van der Waals surface area (Å²) in [6, 6.07) is 5.17. The topological polar surface area (TPSA) is 92.5 Å². The van der Waals surface area contributed by atoms with Crippen LogP contribution in [0.2, 0.25) is 0 Å². The molecule has 20 heavy (non-hydrogen) atoms. The van der Waals surface area contributed by atoms with Crippen LogP contribution in [-0.4, -0.2) is 22.5 Å². The molecule has 110 valence electrons. The lowest BCUT2D eigenvalue weighted by molar-refractivity contribution is -0.384. The number of benzene rings is 1. The Balaban J connectivity index is 2.52. The average molecular weight is 280 g/mol. The Morgan fingerprint density at radius 3 is 2.75 bits per heavy atom. The Kier molecular flexibility index (Phi) is 5.96. The highest BCUT2D eigenvalue weighted by molar-refractivity contribution is 5.66. The highest BCUT2D eigenvalue weighted by Crippen LogP contribution is 2.27. The maximum atomic E-state index is 11.0. The lowest BCUT2D eigenvalue weighted by atomic mass is 10.0. The van der Waals surface area contributed by atoms with E-state index in [-0.39, 0.29) is 22.9 Å². The van der Waals surface area contributed by atoms with Crippen LogP contribution in [0.25, 0.3) is 0 Å². The van der Waals surface area contributed by atoms with E-state index in [1.54, 1.807) is 25.1 Å². The second kappa shape index (κ2) is 7.47. The Morgan fingerprint density at radius 2 is 2.15 bits per heavy atom. The van der Waals surface area contributed by atoms with Crippen molar-refractivity contribution in [3.63, 3.8) is 0 Å². The normalized spacial score (nSPS) is 11.9. The molecule has 0 amide bonds. The van der Waals surface area contributed by atoms with Crippen molar-refractivity contribution in [2.75, 3.05) is 11.9 Å². The van der Waals surface area contributed by atoms with E-state index in [9.17, 15) is 14.9 Å². The summed E-state index contributed by atoms with van der Waals surface area (Å²) in [5.74, 6) is -0.526. The standard InChI is InChI=1S/C14H20N2O4/c1-10(6-7-13(17)18)8-9-15-12-5-3-4-11(2)14(12)16(19)20/h3-5,10,15H,6-9H2,1-2H3,(H,17,18). The number of hydrogen-bond acceptors (Lipinski definition) is 4. The summed E-state index contributed by atoms with van der Waals surface area (Å²) < 4.78 is 0. The third-order valence-electron chi connectivity index (χ3n) is 3.22. The third kappa shape index (κ3) is 4.87. The molecule has 0 aliphatic heterocycles. The molecule has 1 unspecified atom stereocenters. The number of nitro benzene ring substituents is 1. The van der Waals surface area contributed by atoms with Crippen molar-refractivity contribution in [2.45, 2.75) is 33.1 Å². The maximum Gasteiger partial charge on any atom is 0.303 e. The van der Waals surface area contributed by atoms with E-state index in [1.165, 1.54) is 0 Å². The largest absolute Gasteiger partial charge is 0.481 e. The molecule has 0 radical (unpaired) electrons. The van der Waals surface area contributed by atoms with Crippen LogP contribution in [0.1, 0.15) is 31.7 Å². The number of aliphatic carboxylic acids is 1. The van der Waals surface area contributed by atoms with Crippen molar-refractivity contribution < 1.29 is 14.8 Å². The molecule has 1 rings (SSSR count). The third-order valence-corrected chi connectivity index (χ3v) is 3.22. The van der Waals surface area contributed by atoms with E-state index in [4.69, 9.17) is 5.11 Å². The number of anilines is 1. The van der Waals surface area contributed by atoms with Crippen LogP contribution in [0.15, 0.2) is 18.2 Å². The van der Waals surface area contributed by atoms with Crippen LogP contribution in [0.3, 0.4) is 0 Å². The molecule has 2 N–H and O–H groups in total. The first kappa shape index (κ1) is 15.9. The minimum atomic E-state index is -0.792. The van der Waals surface area contributed by atoms with Gasteiger partial charge in [0.15, 0.2) is 0 Å². The van der Waals surface area contributed by atoms with E-state index < -0.39 is 5.97 Å². The number of rotatable bonds is 8. The molecule has 0 saturated carbocycles. The number of aryl methyl sites for hydroxylation is 1. The fourth-order valence-corrected chi connectivity index (χ4v) is 2.01. The van der Waals surface area contributed by atoms with Gasteiger partial charge in [-0.2, -0.15) is 0 Å². The van der Waals surface area contributed by atoms with Gasteiger partial charge >= 0.3 is 5.97 Å². The second-order valence-electron chi connectivity index (χ2n) is 4.98. The van der Waals surface area contributed by atoms with Gasteiger partial charge in [-0.15, -0.1) is 0 Å². The predicted molar refractivity (Wildman–Crippen MR) is 77.0 cm³/mol.